The molecule has 1 aliphatic heterocycles. The van der Waals surface area contributed by atoms with Crippen molar-refractivity contribution in [2.45, 2.75) is 57.0 Å². The fraction of sp³-hybridized carbons (Fsp3) is 0.938. The molecule has 0 aromatic heterocycles. The normalized spacial score (nSPS) is 26.3. The SMILES string of the molecule is CN=C(NCC1CCN(S(=O)(=O)C(F)(F)F)CC1)NC1CCC(C)CC1.I. The molecule has 0 bridgehead atoms. The Hall–Kier alpha value is -0.300. The minimum absolute atomic E-state index is 0. The van der Waals surface area contributed by atoms with Crippen LogP contribution in [0.25, 0.3) is 0 Å². The number of alkyl halides is 3. The number of halogens is 4. The van der Waals surface area contributed by atoms with Crippen molar-refractivity contribution >= 4 is 40.0 Å². The van der Waals surface area contributed by atoms with Crippen LogP contribution in [0.5, 0.6) is 0 Å². The summed E-state index contributed by atoms with van der Waals surface area (Å²) in [5.74, 6) is 1.59. The monoisotopic (exact) mass is 526 g/mol. The van der Waals surface area contributed by atoms with E-state index in [1.807, 2.05) is 0 Å². The standard InChI is InChI=1S/C16H29F3N4O2S.HI/c1-12-3-5-14(6-4-12)22-15(20-2)21-11-13-7-9-23(10-8-13)26(24,25)16(17,18)19;/h12-14H,3-11H2,1-2H3,(H2,20,21,22);1H. The van der Waals surface area contributed by atoms with Gasteiger partial charge in [0.25, 0.3) is 0 Å². The van der Waals surface area contributed by atoms with E-state index in [2.05, 4.69) is 22.5 Å². The van der Waals surface area contributed by atoms with Crippen LogP contribution in [0, 0.1) is 11.8 Å². The summed E-state index contributed by atoms with van der Waals surface area (Å²) in [6.45, 7) is 2.64. The highest BCUT2D eigenvalue weighted by Gasteiger charge is 2.50. The van der Waals surface area contributed by atoms with E-state index >= 15 is 0 Å². The van der Waals surface area contributed by atoms with E-state index in [4.69, 9.17) is 0 Å². The minimum Gasteiger partial charge on any atom is -0.356 e. The molecule has 11 heteroatoms. The van der Waals surface area contributed by atoms with Gasteiger partial charge in [-0.15, -0.1) is 24.0 Å². The lowest BCUT2D eigenvalue weighted by Crippen LogP contribution is -2.48. The largest absolute Gasteiger partial charge is 0.511 e. The van der Waals surface area contributed by atoms with E-state index in [0.29, 0.717) is 35.7 Å². The predicted octanol–water partition coefficient (Wildman–Crippen LogP) is 2.91. The van der Waals surface area contributed by atoms with E-state index in [1.165, 1.54) is 12.8 Å². The average molecular weight is 526 g/mol. The van der Waals surface area contributed by atoms with Crippen LogP contribution in [-0.2, 0) is 10.0 Å². The van der Waals surface area contributed by atoms with Crippen molar-refractivity contribution in [1.82, 2.24) is 14.9 Å². The Morgan fingerprint density at radius 1 is 1.11 bits per heavy atom. The second-order valence-corrected chi connectivity index (χ2v) is 9.28. The van der Waals surface area contributed by atoms with E-state index in [-0.39, 0.29) is 43.0 Å². The van der Waals surface area contributed by atoms with Gasteiger partial charge in [-0.2, -0.15) is 17.5 Å². The third-order valence-electron chi connectivity index (χ3n) is 5.34. The van der Waals surface area contributed by atoms with Gasteiger partial charge in [0.15, 0.2) is 5.96 Å². The van der Waals surface area contributed by atoms with Gasteiger partial charge in [-0.3, -0.25) is 4.99 Å². The number of sulfonamides is 1. The van der Waals surface area contributed by atoms with Crippen LogP contribution in [0.4, 0.5) is 13.2 Å². The number of hydrogen-bond donors (Lipinski definition) is 2. The van der Waals surface area contributed by atoms with Crippen LogP contribution in [0.15, 0.2) is 4.99 Å². The number of aliphatic imine (C=N–C) groups is 1. The Kier molecular flexibility index (Phi) is 9.59. The first kappa shape index (κ1) is 24.7. The van der Waals surface area contributed by atoms with Gasteiger partial charge in [0.1, 0.15) is 0 Å². The summed E-state index contributed by atoms with van der Waals surface area (Å²) in [6, 6.07) is 0.399. The molecule has 0 radical (unpaired) electrons. The van der Waals surface area contributed by atoms with Gasteiger partial charge >= 0.3 is 15.5 Å². The Labute approximate surface area is 176 Å². The first-order valence-electron chi connectivity index (χ1n) is 9.17. The van der Waals surface area contributed by atoms with Crippen molar-refractivity contribution in [2.75, 3.05) is 26.7 Å². The summed E-state index contributed by atoms with van der Waals surface area (Å²) in [6.07, 6.45) is 5.41. The molecule has 0 atom stereocenters. The van der Waals surface area contributed by atoms with Crippen LogP contribution < -0.4 is 10.6 Å². The van der Waals surface area contributed by atoms with Crippen molar-refractivity contribution in [2.24, 2.45) is 16.8 Å². The van der Waals surface area contributed by atoms with Crippen LogP contribution >= 0.6 is 24.0 Å². The highest BCUT2D eigenvalue weighted by molar-refractivity contribution is 14.0. The molecular weight excluding hydrogens is 496 g/mol. The zero-order valence-electron chi connectivity index (χ0n) is 15.8. The molecule has 0 amide bonds. The molecule has 0 aromatic rings. The van der Waals surface area contributed by atoms with E-state index < -0.39 is 15.5 Å². The molecule has 1 heterocycles. The van der Waals surface area contributed by atoms with Gasteiger partial charge in [-0.05, 0) is 50.4 Å². The van der Waals surface area contributed by atoms with Gasteiger partial charge in [-0.25, -0.2) is 8.42 Å². The van der Waals surface area contributed by atoms with Gasteiger partial charge in [0.05, 0.1) is 0 Å². The first-order chi connectivity index (χ1) is 12.1. The number of nitrogens with zero attached hydrogens (tertiary/aromatic N) is 2. The van der Waals surface area contributed by atoms with Crippen molar-refractivity contribution in [3.8, 4) is 0 Å². The zero-order valence-corrected chi connectivity index (χ0v) is 18.9. The quantitative estimate of drug-likeness (QED) is 0.336. The lowest BCUT2D eigenvalue weighted by molar-refractivity contribution is -0.0496. The number of rotatable bonds is 4. The summed E-state index contributed by atoms with van der Waals surface area (Å²) in [4.78, 5) is 4.21. The summed E-state index contributed by atoms with van der Waals surface area (Å²) < 4.78 is 61.2. The Morgan fingerprint density at radius 3 is 2.15 bits per heavy atom. The minimum atomic E-state index is -5.22. The molecule has 160 valence electrons. The Balaban J connectivity index is 0.00000364. The number of hydrogen-bond acceptors (Lipinski definition) is 3. The molecule has 0 aromatic carbocycles. The van der Waals surface area contributed by atoms with Crippen molar-refractivity contribution in [3.05, 3.63) is 0 Å². The smallest absolute Gasteiger partial charge is 0.356 e. The molecule has 2 fully saturated rings. The fourth-order valence-electron chi connectivity index (χ4n) is 3.53. The van der Waals surface area contributed by atoms with E-state index in [0.717, 1.165) is 18.8 Å². The van der Waals surface area contributed by atoms with Crippen molar-refractivity contribution < 1.29 is 21.6 Å². The Morgan fingerprint density at radius 2 is 1.67 bits per heavy atom. The highest BCUT2D eigenvalue weighted by atomic mass is 127. The van der Waals surface area contributed by atoms with E-state index in [9.17, 15) is 21.6 Å². The summed E-state index contributed by atoms with van der Waals surface area (Å²) in [5, 5.41) is 6.63. The average Bonchev–Trinajstić information content (AvgIpc) is 2.59. The molecule has 6 nitrogen and oxygen atoms in total. The van der Waals surface area contributed by atoms with Crippen LogP contribution in [-0.4, -0.2) is 56.9 Å². The number of piperidine rings is 1. The van der Waals surface area contributed by atoms with Crippen LogP contribution in [0.3, 0.4) is 0 Å². The van der Waals surface area contributed by atoms with E-state index in [1.54, 1.807) is 7.05 Å². The summed E-state index contributed by atoms with van der Waals surface area (Å²) >= 11 is 0. The summed E-state index contributed by atoms with van der Waals surface area (Å²) in [7, 11) is -3.51. The molecule has 2 rings (SSSR count). The molecular formula is C16H30F3IN4O2S. The molecule has 0 spiro atoms. The van der Waals surface area contributed by atoms with Crippen LogP contribution in [0.1, 0.15) is 45.4 Å². The molecule has 0 unspecified atom stereocenters. The van der Waals surface area contributed by atoms with Crippen molar-refractivity contribution in [1.29, 1.82) is 0 Å². The van der Waals surface area contributed by atoms with Gasteiger partial charge in [0.2, 0.25) is 0 Å². The molecule has 27 heavy (non-hydrogen) atoms. The lowest BCUT2D eigenvalue weighted by Gasteiger charge is -2.32. The van der Waals surface area contributed by atoms with Gasteiger partial charge < -0.3 is 10.6 Å². The highest BCUT2D eigenvalue weighted by Crippen LogP contribution is 2.30. The third kappa shape index (κ3) is 6.91. The summed E-state index contributed by atoms with van der Waals surface area (Å²) in [5.41, 5.74) is -5.22. The molecule has 2 aliphatic rings. The van der Waals surface area contributed by atoms with Crippen LogP contribution in [0.2, 0.25) is 0 Å². The second-order valence-electron chi connectivity index (χ2n) is 7.35. The molecule has 2 N–H and O–H groups in total. The molecule has 1 saturated heterocycles. The van der Waals surface area contributed by atoms with Crippen molar-refractivity contribution in [3.63, 3.8) is 0 Å². The predicted molar refractivity (Wildman–Crippen MR) is 111 cm³/mol. The maximum Gasteiger partial charge on any atom is 0.511 e. The molecule has 1 saturated carbocycles. The number of guanidine groups is 1. The lowest BCUT2D eigenvalue weighted by atomic mass is 9.87. The zero-order chi connectivity index (χ0) is 19.4. The number of nitrogens with one attached hydrogen (secondary N) is 2. The maximum atomic E-state index is 12.6. The molecule has 1 aliphatic carbocycles. The third-order valence-corrected chi connectivity index (χ3v) is 6.97. The maximum absolute atomic E-state index is 12.6. The van der Waals surface area contributed by atoms with Gasteiger partial charge in [-0.1, -0.05) is 6.92 Å². The Bertz CT molecular complexity index is 585. The second kappa shape index (κ2) is 10.5. The fourth-order valence-corrected chi connectivity index (χ4v) is 4.52. The van der Waals surface area contributed by atoms with Gasteiger partial charge in [0, 0.05) is 32.7 Å². The first-order valence-corrected chi connectivity index (χ1v) is 10.6. The topological polar surface area (TPSA) is 73.8 Å².